The molecule has 7 heteroatoms. The van der Waals surface area contributed by atoms with Crippen molar-refractivity contribution in [3.05, 3.63) is 45.0 Å². The van der Waals surface area contributed by atoms with Crippen LogP contribution in [0.3, 0.4) is 0 Å². The van der Waals surface area contributed by atoms with Crippen molar-refractivity contribution >= 4 is 46.6 Å². The van der Waals surface area contributed by atoms with Crippen molar-refractivity contribution in [2.24, 2.45) is 0 Å². The van der Waals surface area contributed by atoms with Crippen LogP contribution in [0.15, 0.2) is 24.3 Å². The summed E-state index contributed by atoms with van der Waals surface area (Å²) in [5, 5.41) is 9.85. The van der Waals surface area contributed by atoms with Crippen LogP contribution < -0.4 is 5.73 Å². The van der Waals surface area contributed by atoms with Gasteiger partial charge in [0.15, 0.2) is 5.69 Å². The summed E-state index contributed by atoms with van der Waals surface area (Å²) in [5.74, 6) is -1.13. The molecule has 98 valence electrons. The highest BCUT2D eigenvalue weighted by Crippen LogP contribution is 2.39. The van der Waals surface area contributed by atoms with E-state index in [1.165, 1.54) is 24.3 Å². The summed E-state index contributed by atoms with van der Waals surface area (Å²) >= 11 is 18.0. The number of carboxylic acid groups (broad SMARTS) is 1. The zero-order chi connectivity index (χ0) is 14.2. The van der Waals surface area contributed by atoms with Crippen molar-refractivity contribution in [1.29, 1.82) is 0 Å². The second-order valence-corrected chi connectivity index (χ2v) is 4.93. The fourth-order valence-electron chi connectivity index (χ4n) is 1.60. The minimum absolute atomic E-state index is 0.0334. The first-order chi connectivity index (χ1) is 8.90. The molecule has 0 aliphatic heterocycles. The van der Waals surface area contributed by atoms with E-state index >= 15 is 0 Å². The van der Waals surface area contributed by atoms with Crippen LogP contribution in [-0.2, 0) is 0 Å². The van der Waals surface area contributed by atoms with Gasteiger partial charge in [0.2, 0.25) is 0 Å². The molecule has 0 atom stereocenters. The van der Waals surface area contributed by atoms with Gasteiger partial charge in [0, 0.05) is 16.1 Å². The molecule has 0 amide bonds. The molecule has 1 heterocycles. The van der Waals surface area contributed by atoms with Crippen molar-refractivity contribution in [2.75, 3.05) is 5.73 Å². The summed E-state index contributed by atoms with van der Waals surface area (Å²) in [6, 6.07) is 5.88. The number of aromatic carboxylic acids is 1. The van der Waals surface area contributed by atoms with E-state index < -0.39 is 5.97 Å². The minimum Gasteiger partial charge on any atom is -0.477 e. The van der Waals surface area contributed by atoms with Gasteiger partial charge in [-0.3, -0.25) is 0 Å². The Kier molecular flexibility index (Phi) is 3.85. The van der Waals surface area contributed by atoms with Crippen molar-refractivity contribution in [1.82, 2.24) is 4.98 Å². The van der Waals surface area contributed by atoms with Crippen LogP contribution >= 0.6 is 34.8 Å². The lowest BCUT2D eigenvalue weighted by molar-refractivity contribution is 0.0690. The summed E-state index contributed by atoms with van der Waals surface area (Å²) in [6.45, 7) is 0. The van der Waals surface area contributed by atoms with E-state index in [0.717, 1.165) is 0 Å². The highest BCUT2D eigenvalue weighted by atomic mass is 35.5. The topological polar surface area (TPSA) is 76.2 Å². The van der Waals surface area contributed by atoms with E-state index in [1.54, 1.807) is 0 Å². The zero-order valence-electron chi connectivity index (χ0n) is 9.32. The third-order valence-electron chi connectivity index (χ3n) is 2.42. The lowest BCUT2D eigenvalue weighted by atomic mass is 10.1. The summed E-state index contributed by atoms with van der Waals surface area (Å²) in [7, 11) is 0. The zero-order valence-corrected chi connectivity index (χ0v) is 11.6. The summed E-state index contributed by atoms with van der Waals surface area (Å²) in [5.41, 5.74) is 6.51. The van der Waals surface area contributed by atoms with Gasteiger partial charge in [-0.1, -0.05) is 34.8 Å². The minimum atomic E-state index is -1.16. The smallest absolute Gasteiger partial charge is 0.354 e. The number of benzene rings is 1. The number of anilines is 1. The van der Waals surface area contributed by atoms with Crippen LogP contribution in [0.2, 0.25) is 15.1 Å². The predicted molar refractivity (Wildman–Crippen MR) is 76.1 cm³/mol. The van der Waals surface area contributed by atoms with Crippen LogP contribution in [-0.4, -0.2) is 16.1 Å². The first kappa shape index (κ1) is 13.9. The van der Waals surface area contributed by atoms with E-state index in [1.807, 2.05) is 0 Å². The standard InChI is InChI=1S/C12H7Cl3N2O2/c13-5-3-7(14)10(8(15)4-5)6-1-2-9(12(18)19)17-11(6)16/h1-4H,(H2,16,17)(H,18,19). The van der Waals surface area contributed by atoms with Crippen molar-refractivity contribution in [3.8, 4) is 11.1 Å². The molecular weight excluding hydrogens is 311 g/mol. The summed E-state index contributed by atoms with van der Waals surface area (Å²) < 4.78 is 0. The lowest BCUT2D eigenvalue weighted by Gasteiger charge is -2.10. The Morgan fingerprint density at radius 1 is 1.16 bits per heavy atom. The average Bonchev–Trinajstić information content (AvgIpc) is 2.29. The number of rotatable bonds is 2. The Balaban J connectivity index is 2.63. The van der Waals surface area contributed by atoms with Crippen LogP contribution in [0.5, 0.6) is 0 Å². The molecule has 0 fully saturated rings. The molecule has 2 rings (SSSR count). The maximum Gasteiger partial charge on any atom is 0.354 e. The molecule has 1 aromatic carbocycles. The lowest BCUT2D eigenvalue weighted by Crippen LogP contribution is -2.04. The molecular formula is C12H7Cl3N2O2. The van der Waals surface area contributed by atoms with E-state index in [9.17, 15) is 4.79 Å². The molecule has 1 aromatic heterocycles. The van der Waals surface area contributed by atoms with Crippen LogP contribution in [0.25, 0.3) is 11.1 Å². The Morgan fingerprint density at radius 2 is 1.74 bits per heavy atom. The number of nitrogens with two attached hydrogens (primary N) is 1. The van der Waals surface area contributed by atoms with Gasteiger partial charge < -0.3 is 10.8 Å². The fourth-order valence-corrected chi connectivity index (χ4v) is 2.63. The number of carbonyl (C=O) groups is 1. The van der Waals surface area contributed by atoms with Crippen LogP contribution in [0.1, 0.15) is 10.5 Å². The number of nitrogens with zero attached hydrogens (tertiary/aromatic N) is 1. The summed E-state index contributed by atoms with van der Waals surface area (Å²) in [6.07, 6.45) is 0. The monoisotopic (exact) mass is 316 g/mol. The summed E-state index contributed by atoms with van der Waals surface area (Å²) in [4.78, 5) is 14.6. The number of hydrogen-bond donors (Lipinski definition) is 2. The molecule has 0 radical (unpaired) electrons. The van der Waals surface area contributed by atoms with Crippen molar-refractivity contribution in [3.63, 3.8) is 0 Å². The second-order valence-electron chi connectivity index (χ2n) is 3.68. The number of carboxylic acids is 1. The first-order valence-corrected chi connectivity index (χ1v) is 6.18. The largest absolute Gasteiger partial charge is 0.477 e. The molecule has 0 saturated carbocycles. The first-order valence-electron chi connectivity index (χ1n) is 5.05. The van der Waals surface area contributed by atoms with Gasteiger partial charge in [-0.25, -0.2) is 9.78 Å². The maximum atomic E-state index is 10.8. The van der Waals surface area contributed by atoms with Crippen molar-refractivity contribution in [2.45, 2.75) is 0 Å². The third kappa shape index (κ3) is 2.76. The van der Waals surface area contributed by atoms with E-state index in [0.29, 0.717) is 26.2 Å². The maximum absolute atomic E-state index is 10.8. The normalized spacial score (nSPS) is 10.5. The Morgan fingerprint density at radius 3 is 2.21 bits per heavy atom. The Labute approximate surface area is 123 Å². The molecule has 19 heavy (non-hydrogen) atoms. The fraction of sp³-hybridized carbons (Fsp3) is 0. The van der Waals surface area contributed by atoms with Gasteiger partial charge in [-0.2, -0.15) is 0 Å². The SMILES string of the molecule is Nc1nc(C(=O)O)ccc1-c1c(Cl)cc(Cl)cc1Cl. The van der Waals surface area contributed by atoms with Gasteiger partial charge in [-0.15, -0.1) is 0 Å². The molecule has 0 unspecified atom stereocenters. The van der Waals surface area contributed by atoms with Gasteiger partial charge in [-0.05, 0) is 24.3 Å². The number of nitrogen functional groups attached to an aromatic ring is 1. The third-order valence-corrected chi connectivity index (χ3v) is 3.23. The number of halogens is 3. The van der Waals surface area contributed by atoms with Crippen molar-refractivity contribution < 1.29 is 9.90 Å². The van der Waals surface area contributed by atoms with Gasteiger partial charge in [0.1, 0.15) is 5.82 Å². The second kappa shape index (κ2) is 5.25. The molecule has 2 aromatic rings. The highest BCUT2D eigenvalue weighted by molar-refractivity contribution is 6.42. The highest BCUT2D eigenvalue weighted by Gasteiger charge is 2.15. The van der Waals surface area contributed by atoms with Gasteiger partial charge >= 0.3 is 5.97 Å². The van der Waals surface area contributed by atoms with Crippen LogP contribution in [0, 0.1) is 0 Å². The van der Waals surface area contributed by atoms with E-state index in [-0.39, 0.29) is 11.5 Å². The average molecular weight is 318 g/mol. The molecule has 0 spiro atoms. The van der Waals surface area contributed by atoms with Gasteiger partial charge in [0.05, 0.1) is 10.0 Å². The van der Waals surface area contributed by atoms with Crippen LogP contribution in [0.4, 0.5) is 5.82 Å². The quantitative estimate of drug-likeness (QED) is 0.878. The molecule has 4 nitrogen and oxygen atoms in total. The Hall–Kier alpha value is -1.49. The predicted octanol–water partition coefficient (Wildman–Crippen LogP) is 3.99. The number of aromatic nitrogens is 1. The molecule has 0 saturated heterocycles. The Bertz CT molecular complexity index is 651. The molecule has 0 aliphatic rings. The number of hydrogen-bond acceptors (Lipinski definition) is 3. The molecule has 3 N–H and O–H groups in total. The van der Waals surface area contributed by atoms with E-state index in [4.69, 9.17) is 45.6 Å². The molecule has 0 aliphatic carbocycles. The number of pyridine rings is 1. The molecule has 0 bridgehead atoms. The van der Waals surface area contributed by atoms with Gasteiger partial charge in [0.25, 0.3) is 0 Å². The van der Waals surface area contributed by atoms with E-state index in [2.05, 4.69) is 4.98 Å².